The van der Waals surface area contributed by atoms with Gasteiger partial charge in [0.2, 0.25) is 0 Å². The second kappa shape index (κ2) is 5.77. The summed E-state index contributed by atoms with van der Waals surface area (Å²) in [7, 11) is 3.12. The number of rotatable bonds is 5. The molecule has 0 aromatic heterocycles. The van der Waals surface area contributed by atoms with Gasteiger partial charge in [-0.15, -0.1) is 0 Å². The van der Waals surface area contributed by atoms with Gasteiger partial charge in [0.05, 0.1) is 7.11 Å². The fourth-order valence-corrected chi connectivity index (χ4v) is 1.32. The second-order valence-electron chi connectivity index (χ2n) is 3.59. The molecule has 0 heterocycles. The standard InChI is InChI=1S/C11H16F2N2O/c1-15(7-14)4-3-8-5-10(13)11(16-2)6-9(8)12/h5-6H,3-4,7,14H2,1-2H3. The third-order valence-corrected chi connectivity index (χ3v) is 2.40. The van der Waals surface area contributed by atoms with Gasteiger partial charge in [-0.2, -0.15) is 0 Å². The third-order valence-electron chi connectivity index (χ3n) is 2.40. The molecule has 90 valence electrons. The van der Waals surface area contributed by atoms with Crippen LogP contribution < -0.4 is 10.5 Å². The van der Waals surface area contributed by atoms with E-state index in [9.17, 15) is 8.78 Å². The van der Waals surface area contributed by atoms with E-state index in [2.05, 4.69) is 4.74 Å². The number of hydrogen-bond acceptors (Lipinski definition) is 3. The molecule has 0 saturated heterocycles. The highest BCUT2D eigenvalue weighted by atomic mass is 19.1. The first-order chi connectivity index (χ1) is 7.58. The Morgan fingerprint density at radius 3 is 2.56 bits per heavy atom. The Kier molecular flexibility index (Phi) is 4.64. The van der Waals surface area contributed by atoms with Crippen molar-refractivity contribution in [1.29, 1.82) is 0 Å². The monoisotopic (exact) mass is 230 g/mol. The van der Waals surface area contributed by atoms with Crippen LogP contribution in [0.3, 0.4) is 0 Å². The van der Waals surface area contributed by atoms with Crippen molar-refractivity contribution in [2.75, 3.05) is 27.4 Å². The predicted molar refractivity (Wildman–Crippen MR) is 58.3 cm³/mol. The zero-order valence-corrected chi connectivity index (χ0v) is 9.46. The molecule has 1 rings (SSSR count). The molecule has 16 heavy (non-hydrogen) atoms. The number of halogens is 2. The van der Waals surface area contributed by atoms with Gasteiger partial charge in [-0.1, -0.05) is 0 Å². The molecule has 0 aliphatic carbocycles. The van der Waals surface area contributed by atoms with Crippen LogP contribution in [0.4, 0.5) is 8.78 Å². The molecular formula is C11H16F2N2O. The van der Waals surface area contributed by atoms with Gasteiger partial charge in [-0.25, -0.2) is 8.78 Å². The van der Waals surface area contributed by atoms with Crippen molar-refractivity contribution in [2.45, 2.75) is 6.42 Å². The first-order valence-corrected chi connectivity index (χ1v) is 4.99. The fraction of sp³-hybridized carbons (Fsp3) is 0.455. The first-order valence-electron chi connectivity index (χ1n) is 4.99. The van der Waals surface area contributed by atoms with Crippen LogP contribution in [0.25, 0.3) is 0 Å². The first kappa shape index (κ1) is 12.9. The van der Waals surface area contributed by atoms with E-state index in [1.54, 1.807) is 0 Å². The molecule has 0 aliphatic heterocycles. The Balaban J connectivity index is 2.77. The molecule has 0 aliphatic rings. The van der Waals surface area contributed by atoms with Crippen LogP contribution in [0, 0.1) is 11.6 Å². The largest absolute Gasteiger partial charge is 0.494 e. The van der Waals surface area contributed by atoms with Crippen LogP contribution >= 0.6 is 0 Å². The lowest BCUT2D eigenvalue weighted by atomic mass is 10.1. The summed E-state index contributed by atoms with van der Waals surface area (Å²) in [6.45, 7) is 0.972. The van der Waals surface area contributed by atoms with Crippen LogP contribution in [0.2, 0.25) is 0 Å². The Labute approximate surface area is 93.8 Å². The van der Waals surface area contributed by atoms with Gasteiger partial charge in [0, 0.05) is 19.3 Å². The minimum Gasteiger partial charge on any atom is -0.494 e. The summed E-state index contributed by atoms with van der Waals surface area (Å²) in [6.07, 6.45) is 0.417. The molecule has 1 aromatic rings. The Bertz CT molecular complexity index is 358. The molecule has 0 spiro atoms. The highest BCUT2D eigenvalue weighted by Crippen LogP contribution is 2.21. The number of likely N-dealkylation sites (N-methyl/N-ethyl adjacent to an activating group) is 1. The topological polar surface area (TPSA) is 38.5 Å². The Morgan fingerprint density at radius 2 is 2.00 bits per heavy atom. The molecule has 0 radical (unpaired) electrons. The van der Waals surface area contributed by atoms with Gasteiger partial charge in [0.1, 0.15) is 5.82 Å². The molecule has 0 bridgehead atoms. The van der Waals surface area contributed by atoms with Gasteiger partial charge >= 0.3 is 0 Å². The van der Waals surface area contributed by atoms with E-state index in [0.29, 0.717) is 25.2 Å². The molecule has 2 N–H and O–H groups in total. The molecule has 0 atom stereocenters. The highest BCUT2D eigenvalue weighted by molar-refractivity contribution is 5.31. The normalized spacial score (nSPS) is 10.9. The smallest absolute Gasteiger partial charge is 0.165 e. The molecule has 5 heteroatoms. The Morgan fingerprint density at radius 1 is 1.31 bits per heavy atom. The zero-order valence-electron chi connectivity index (χ0n) is 9.46. The minimum absolute atomic E-state index is 0.0755. The number of ether oxygens (including phenoxy) is 1. The molecular weight excluding hydrogens is 214 g/mol. The molecule has 0 amide bonds. The van der Waals surface area contributed by atoms with Gasteiger partial charge in [-0.3, -0.25) is 4.90 Å². The molecule has 0 unspecified atom stereocenters. The summed E-state index contributed by atoms with van der Waals surface area (Å²) in [5.41, 5.74) is 5.72. The van der Waals surface area contributed by atoms with E-state index in [1.165, 1.54) is 13.2 Å². The van der Waals surface area contributed by atoms with E-state index in [0.717, 1.165) is 6.07 Å². The van der Waals surface area contributed by atoms with Crippen LogP contribution in [-0.2, 0) is 6.42 Å². The van der Waals surface area contributed by atoms with Crippen molar-refractivity contribution in [2.24, 2.45) is 5.73 Å². The summed E-state index contributed by atoms with van der Waals surface area (Å²) in [5.74, 6) is -1.08. The second-order valence-corrected chi connectivity index (χ2v) is 3.59. The molecule has 3 nitrogen and oxygen atoms in total. The van der Waals surface area contributed by atoms with E-state index in [-0.39, 0.29) is 5.75 Å². The summed E-state index contributed by atoms with van der Waals surface area (Å²) >= 11 is 0. The fourth-order valence-electron chi connectivity index (χ4n) is 1.32. The maximum Gasteiger partial charge on any atom is 0.165 e. The maximum atomic E-state index is 13.5. The third kappa shape index (κ3) is 3.15. The van der Waals surface area contributed by atoms with Crippen LogP contribution in [0.1, 0.15) is 5.56 Å². The summed E-state index contributed by atoms with van der Waals surface area (Å²) < 4.78 is 31.5. The van der Waals surface area contributed by atoms with Crippen molar-refractivity contribution in [3.8, 4) is 5.75 Å². The quantitative estimate of drug-likeness (QED) is 0.776. The lowest BCUT2D eigenvalue weighted by Gasteiger charge is -2.14. The van der Waals surface area contributed by atoms with Crippen LogP contribution in [-0.4, -0.2) is 32.3 Å². The molecule has 0 saturated carbocycles. The van der Waals surface area contributed by atoms with E-state index < -0.39 is 11.6 Å². The summed E-state index contributed by atoms with van der Waals surface area (Å²) in [5, 5.41) is 0. The van der Waals surface area contributed by atoms with Gasteiger partial charge in [0.15, 0.2) is 11.6 Å². The zero-order chi connectivity index (χ0) is 12.1. The van der Waals surface area contributed by atoms with Crippen molar-refractivity contribution in [3.63, 3.8) is 0 Å². The number of nitrogens with zero attached hydrogens (tertiary/aromatic N) is 1. The van der Waals surface area contributed by atoms with E-state index in [4.69, 9.17) is 5.73 Å². The van der Waals surface area contributed by atoms with E-state index >= 15 is 0 Å². The average Bonchev–Trinajstić information content (AvgIpc) is 2.29. The number of benzene rings is 1. The summed E-state index contributed by atoms with van der Waals surface area (Å²) in [6, 6.07) is 2.23. The van der Waals surface area contributed by atoms with Crippen LogP contribution in [0.15, 0.2) is 12.1 Å². The number of methoxy groups -OCH3 is 1. The van der Waals surface area contributed by atoms with Crippen molar-refractivity contribution in [1.82, 2.24) is 4.90 Å². The Hall–Kier alpha value is -1.20. The lowest BCUT2D eigenvalue weighted by Crippen LogP contribution is -2.27. The van der Waals surface area contributed by atoms with E-state index in [1.807, 2.05) is 11.9 Å². The van der Waals surface area contributed by atoms with Crippen molar-refractivity contribution >= 4 is 0 Å². The lowest BCUT2D eigenvalue weighted by molar-refractivity contribution is 0.345. The van der Waals surface area contributed by atoms with Gasteiger partial charge in [-0.05, 0) is 25.1 Å². The maximum absolute atomic E-state index is 13.5. The predicted octanol–water partition coefficient (Wildman–Crippen LogP) is 1.36. The van der Waals surface area contributed by atoms with Crippen molar-refractivity contribution < 1.29 is 13.5 Å². The van der Waals surface area contributed by atoms with Gasteiger partial charge in [0.25, 0.3) is 0 Å². The van der Waals surface area contributed by atoms with Crippen molar-refractivity contribution in [3.05, 3.63) is 29.3 Å². The SMILES string of the molecule is COc1cc(F)c(CCN(C)CN)cc1F. The molecule has 1 aromatic carbocycles. The highest BCUT2D eigenvalue weighted by Gasteiger charge is 2.10. The average molecular weight is 230 g/mol. The molecule has 0 fully saturated rings. The van der Waals surface area contributed by atoms with Gasteiger partial charge < -0.3 is 10.5 Å². The minimum atomic E-state index is -0.547. The summed E-state index contributed by atoms with van der Waals surface area (Å²) in [4.78, 5) is 1.82. The number of nitrogens with two attached hydrogens (primary N) is 1. The number of hydrogen-bond donors (Lipinski definition) is 1. The van der Waals surface area contributed by atoms with Crippen LogP contribution in [0.5, 0.6) is 5.75 Å².